The van der Waals surface area contributed by atoms with Crippen molar-refractivity contribution in [3.8, 4) is 33.4 Å². The van der Waals surface area contributed by atoms with Gasteiger partial charge in [0.2, 0.25) is 0 Å². The second-order valence-electron chi connectivity index (χ2n) is 13.6. The van der Waals surface area contributed by atoms with Crippen molar-refractivity contribution in [2.24, 2.45) is 0 Å². The van der Waals surface area contributed by atoms with E-state index in [2.05, 4.69) is 193 Å². The average molecular weight is 666 g/mol. The van der Waals surface area contributed by atoms with Crippen molar-refractivity contribution in [3.63, 3.8) is 0 Å². The van der Waals surface area contributed by atoms with E-state index >= 15 is 0 Å². The molecule has 2 aliphatic carbocycles. The molecule has 0 N–H and O–H groups in total. The van der Waals surface area contributed by atoms with Crippen molar-refractivity contribution >= 4 is 48.6 Å². The van der Waals surface area contributed by atoms with Crippen LogP contribution in [0.5, 0.6) is 0 Å². The predicted octanol–water partition coefficient (Wildman–Crippen LogP) is 13.5. The molecular weight excluding hydrogens is 635 g/mol. The molecule has 1 aromatic heterocycles. The number of hydrogen-bond donors (Lipinski definition) is 0. The van der Waals surface area contributed by atoms with E-state index in [4.69, 9.17) is 0 Å². The van der Waals surface area contributed by atoms with Gasteiger partial charge in [0.25, 0.3) is 0 Å². The van der Waals surface area contributed by atoms with Gasteiger partial charge < -0.3 is 4.90 Å². The Morgan fingerprint density at radius 2 is 0.882 bits per heavy atom. The average Bonchev–Trinajstić information content (AvgIpc) is 3.82. The molecule has 0 fully saturated rings. The van der Waals surface area contributed by atoms with Gasteiger partial charge in [0, 0.05) is 37.2 Å². The van der Waals surface area contributed by atoms with Crippen LogP contribution in [0.25, 0.3) is 53.6 Å². The molecular formula is C49H31NS. The lowest BCUT2D eigenvalue weighted by molar-refractivity contribution is 0.795. The number of para-hydroxylation sites is 2. The fraction of sp³-hybridized carbons (Fsp3) is 0.0204. The smallest absolute Gasteiger partial charge is 0.0726 e. The lowest BCUT2D eigenvalue weighted by Gasteiger charge is -2.30. The Morgan fingerprint density at radius 3 is 1.49 bits per heavy atom. The van der Waals surface area contributed by atoms with E-state index in [-0.39, 0.29) is 0 Å². The van der Waals surface area contributed by atoms with E-state index in [1.165, 1.54) is 75.8 Å². The Bertz CT molecular complexity index is 2710. The summed E-state index contributed by atoms with van der Waals surface area (Å²) < 4.78 is 2.61. The monoisotopic (exact) mass is 665 g/mol. The molecule has 1 spiro atoms. The van der Waals surface area contributed by atoms with E-state index in [0.29, 0.717) is 0 Å². The van der Waals surface area contributed by atoms with Gasteiger partial charge in [-0.3, -0.25) is 0 Å². The number of fused-ring (bicyclic) bond motifs is 13. The fourth-order valence-corrected chi connectivity index (χ4v) is 10.3. The quantitative estimate of drug-likeness (QED) is 0.181. The zero-order valence-corrected chi connectivity index (χ0v) is 28.6. The van der Waals surface area contributed by atoms with Crippen LogP contribution in [0.4, 0.5) is 17.1 Å². The third-order valence-corrected chi connectivity index (χ3v) is 12.2. The molecule has 1 heterocycles. The minimum atomic E-state index is -0.393. The molecule has 11 rings (SSSR count). The highest BCUT2D eigenvalue weighted by Crippen LogP contribution is 2.65. The molecule has 2 aliphatic rings. The molecule has 0 saturated heterocycles. The van der Waals surface area contributed by atoms with Gasteiger partial charge in [0.15, 0.2) is 0 Å². The molecule has 0 bridgehead atoms. The molecule has 0 amide bonds. The van der Waals surface area contributed by atoms with E-state index in [9.17, 15) is 0 Å². The van der Waals surface area contributed by atoms with Crippen molar-refractivity contribution in [1.29, 1.82) is 0 Å². The van der Waals surface area contributed by atoms with Crippen LogP contribution in [0.3, 0.4) is 0 Å². The van der Waals surface area contributed by atoms with Crippen LogP contribution >= 0.6 is 11.3 Å². The molecule has 238 valence electrons. The SMILES string of the molecule is c1ccc(-c2c3c(cc4sc5cc(N(c6ccccc6)c6ccccc6)ccc5c24)C2(c4ccccc4-c4ccccc42)c2ccccc2-3)cc1. The number of benzene rings is 8. The molecule has 0 saturated carbocycles. The Hall–Kier alpha value is -6.22. The van der Waals surface area contributed by atoms with Gasteiger partial charge in [-0.05, 0) is 98.1 Å². The van der Waals surface area contributed by atoms with Crippen LogP contribution < -0.4 is 4.90 Å². The molecule has 51 heavy (non-hydrogen) atoms. The highest BCUT2D eigenvalue weighted by Gasteiger charge is 2.52. The molecule has 0 aliphatic heterocycles. The molecule has 9 aromatic rings. The van der Waals surface area contributed by atoms with Crippen molar-refractivity contribution in [3.05, 3.63) is 210 Å². The minimum Gasteiger partial charge on any atom is -0.310 e. The van der Waals surface area contributed by atoms with E-state index in [1.807, 2.05) is 11.3 Å². The van der Waals surface area contributed by atoms with Gasteiger partial charge in [-0.1, -0.05) is 146 Å². The third-order valence-electron chi connectivity index (χ3n) is 11.1. The molecule has 1 nitrogen and oxygen atoms in total. The summed E-state index contributed by atoms with van der Waals surface area (Å²) in [7, 11) is 0. The van der Waals surface area contributed by atoms with Crippen LogP contribution in [-0.4, -0.2) is 0 Å². The highest BCUT2D eigenvalue weighted by molar-refractivity contribution is 7.26. The molecule has 0 radical (unpaired) electrons. The minimum absolute atomic E-state index is 0.393. The number of hydrogen-bond acceptors (Lipinski definition) is 2. The first kappa shape index (κ1) is 28.6. The van der Waals surface area contributed by atoms with Crippen molar-refractivity contribution in [2.75, 3.05) is 4.90 Å². The van der Waals surface area contributed by atoms with E-state index in [0.717, 1.165) is 17.1 Å². The summed E-state index contributed by atoms with van der Waals surface area (Å²) in [4.78, 5) is 2.36. The second-order valence-corrected chi connectivity index (χ2v) is 14.7. The summed E-state index contributed by atoms with van der Waals surface area (Å²) in [5.41, 5.74) is 16.5. The van der Waals surface area contributed by atoms with Crippen LogP contribution in [0.2, 0.25) is 0 Å². The molecule has 8 aromatic carbocycles. The lowest BCUT2D eigenvalue weighted by Crippen LogP contribution is -2.25. The van der Waals surface area contributed by atoms with Crippen molar-refractivity contribution < 1.29 is 0 Å². The summed E-state index contributed by atoms with van der Waals surface area (Å²) >= 11 is 1.92. The lowest BCUT2D eigenvalue weighted by atomic mass is 9.70. The van der Waals surface area contributed by atoms with Crippen LogP contribution in [-0.2, 0) is 5.41 Å². The first-order chi connectivity index (χ1) is 25.3. The first-order valence-corrected chi connectivity index (χ1v) is 18.4. The van der Waals surface area contributed by atoms with Gasteiger partial charge in [-0.25, -0.2) is 0 Å². The summed E-state index contributed by atoms with van der Waals surface area (Å²) in [5.74, 6) is 0. The number of rotatable bonds is 4. The fourth-order valence-electron chi connectivity index (χ4n) is 9.12. The third kappa shape index (κ3) is 3.91. The Labute approximate surface area is 301 Å². The zero-order valence-electron chi connectivity index (χ0n) is 27.8. The summed E-state index contributed by atoms with van der Waals surface area (Å²) in [6.45, 7) is 0. The largest absolute Gasteiger partial charge is 0.310 e. The molecule has 0 unspecified atom stereocenters. The number of anilines is 3. The van der Waals surface area contributed by atoms with Crippen LogP contribution in [0, 0.1) is 0 Å². The predicted molar refractivity (Wildman–Crippen MR) is 216 cm³/mol. The summed E-state index contributed by atoms with van der Waals surface area (Å²) in [6.07, 6.45) is 0. The Morgan fingerprint density at radius 1 is 0.373 bits per heavy atom. The maximum Gasteiger partial charge on any atom is 0.0726 e. The van der Waals surface area contributed by atoms with Gasteiger partial charge in [-0.2, -0.15) is 0 Å². The van der Waals surface area contributed by atoms with Gasteiger partial charge in [-0.15, -0.1) is 11.3 Å². The van der Waals surface area contributed by atoms with Crippen LogP contribution in [0.1, 0.15) is 22.3 Å². The van der Waals surface area contributed by atoms with Crippen molar-refractivity contribution in [2.45, 2.75) is 5.41 Å². The normalized spacial score (nSPS) is 13.3. The zero-order chi connectivity index (χ0) is 33.5. The Balaban J connectivity index is 1.25. The standard InChI is InChI=1S/C49H31NS/c1-4-16-32(17-5-1)46-47-38-24-12-15-27-42(38)49(40-25-13-10-22-36(40)37-23-11-14-26-41(37)49)43(47)31-45-48(46)39-29-28-35(30-44(39)51-45)50(33-18-6-2-7-19-33)34-20-8-3-9-21-34/h1-31H. The number of thiophene rings is 1. The highest BCUT2D eigenvalue weighted by atomic mass is 32.1. The van der Waals surface area contributed by atoms with E-state index in [1.54, 1.807) is 0 Å². The second kappa shape index (κ2) is 10.9. The maximum atomic E-state index is 2.55. The van der Waals surface area contributed by atoms with Gasteiger partial charge in [0.05, 0.1) is 5.41 Å². The summed E-state index contributed by atoms with van der Waals surface area (Å²) in [6, 6.07) is 69.4. The summed E-state index contributed by atoms with van der Waals surface area (Å²) in [5, 5.41) is 2.64. The Kier molecular flexibility index (Phi) is 6.11. The first-order valence-electron chi connectivity index (χ1n) is 17.6. The van der Waals surface area contributed by atoms with Gasteiger partial charge in [0.1, 0.15) is 0 Å². The van der Waals surface area contributed by atoms with E-state index < -0.39 is 5.41 Å². The topological polar surface area (TPSA) is 3.24 Å². The maximum absolute atomic E-state index is 2.55. The van der Waals surface area contributed by atoms with Crippen molar-refractivity contribution in [1.82, 2.24) is 0 Å². The molecule has 2 heteroatoms. The van der Waals surface area contributed by atoms with Crippen LogP contribution in [0.15, 0.2) is 188 Å². The molecule has 0 atom stereocenters. The van der Waals surface area contributed by atoms with Gasteiger partial charge >= 0.3 is 0 Å². The number of nitrogens with zero attached hydrogens (tertiary/aromatic N) is 1.